The van der Waals surface area contributed by atoms with Crippen LogP contribution in [0.2, 0.25) is 0 Å². The highest BCUT2D eigenvalue weighted by Crippen LogP contribution is 2.45. The molecule has 1 aromatic rings. The molecule has 0 bridgehead atoms. The molecule has 0 saturated heterocycles. The van der Waals surface area contributed by atoms with Crippen molar-refractivity contribution in [3.05, 3.63) is 24.3 Å². The standard InChI is InChI=1S/C13H21N3/c1-12(2)3-5-13(9-14,6-4-12)11-7-15-10-16-8-11/h7-8,10H,3-6,9,14H2,1-2H3. The Morgan fingerprint density at radius 3 is 2.19 bits per heavy atom. The quantitative estimate of drug-likeness (QED) is 0.830. The topological polar surface area (TPSA) is 51.8 Å². The fourth-order valence-electron chi connectivity index (χ4n) is 2.59. The molecule has 16 heavy (non-hydrogen) atoms. The van der Waals surface area contributed by atoms with Crippen molar-refractivity contribution in [2.75, 3.05) is 6.54 Å². The average molecular weight is 219 g/mol. The van der Waals surface area contributed by atoms with Crippen LogP contribution in [0.1, 0.15) is 45.1 Å². The third-order valence-corrected chi connectivity index (χ3v) is 4.12. The van der Waals surface area contributed by atoms with Gasteiger partial charge in [0, 0.05) is 24.4 Å². The molecule has 2 N–H and O–H groups in total. The number of rotatable bonds is 2. The van der Waals surface area contributed by atoms with Gasteiger partial charge < -0.3 is 5.73 Å². The minimum Gasteiger partial charge on any atom is -0.330 e. The average Bonchev–Trinajstić information content (AvgIpc) is 2.31. The number of hydrogen-bond donors (Lipinski definition) is 1. The maximum absolute atomic E-state index is 6.00. The van der Waals surface area contributed by atoms with Crippen molar-refractivity contribution in [3.8, 4) is 0 Å². The Hall–Kier alpha value is -0.960. The van der Waals surface area contributed by atoms with E-state index in [9.17, 15) is 0 Å². The van der Waals surface area contributed by atoms with E-state index in [4.69, 9.17) is 5.73 Å². The summed E-state index contributed by atoms with van der Waals surface area (Å²) in [4.78, 5) is 8.25. The van der Waals surface area contributed by atoms with Crippen molar-refractivity contribution in [3.63, 3.8) is 0 Å². The second kappa shape index (κ2) is 4.13. The highest BCUT2D eigenvalue weighted by molar-refractivity contribution is 5.21. The van der Waals surface area contributed by atoms with Gasteiger partial charge in [-0.1, -0.05) is 13.8 Å². The van der Waals surface area contributed by atoms with Crippen LogP contribution in [0.5, 0.6) is 0 Å². The molecule has 0 amide bonds. The largest absolute Gasteiger partial charge is 0.330 e. The summed E-state index contributed by atoms with van der Waals surface area (Å²) < 4.78 is 0. The molecule has 3 heteroatoms. The smallest absolute Gasteiger partial charge is 0.115 e. The van der Waals surface area contributed by atoms with Crippen molar-refractivity contribution < 1.29 is 0 Å². The van der Waals surface area contributed by atoms with Gasteiger partial charge in [0.1, 0.15) is 6.33 Å². The second-order valence-electron chi connectivity index (χ2n) is 5.78. The molecule has 1 aliphatic rings. The maximum atomic E-state index is 6.00. The predicted molar refractivity (Wildman–Crippen MR) is 65.0 cm³/mol. The molecule has 0 spiro atoms. The first-order valence-corrected chi connectivity index (χ1v) is 6.04. The van der Waals surface area contributed by atoms with E-state index in [2.05, 4.69) is 23.8 Å². The number of nitrogens with two attached hydrogens (primary N) is 1. The van der Waals surface area contributed by atoms with Gasteiger partial charge in [-0.2, -0.15) is 0 Å². The molecule has 0 radical (unpaired) electrons. The van der Waals surface area contributed by atoms with Crippen molar-refractivity contribution in [1.29, 1.82) is 0 Å². The number of aromatic nitrogens is 2. The van der Waals surface area contributed by atoms with E-state index in [1.807, 2.05) is 12.4 Å². The van der Waals surface area contributed by atoms with Crippen molar-refractivity contribution >= 4 is 0 Å². The van der Waals surface area contributed by atoms with Crippen LogP contribution in [0.4, 0.5) is 0 Å². The van der Waals surface area contributed by atoms with E-state index in [0.29, 0.717) is 12.0 Å². The fraction of sp³-hybridized carbons (Fsp3) is 0.692. The van der Waals surface area contributed by atoms with Crippen LogP contribution < -0.4 is 5.73 Å². The summed E-state index contributed by atoms with van der Waals surface area (Å²) in [5, 5.41) is 0. The van der Waals surface area contributed by atoms with Crippen LogP contribution in [0.25, 0.3) is 0 Å². The molecule has 1 aromatic heterocycles. The third kappa shape index (κ3) is 2.09. The zero-order chi connectivity index (χ0) is 11.6. The zero-order valence-electron chi connectivity index (χ0n) is 10.2. The van der Waals surface area contributed by atoms with Crippen molar-refractivity contribution in [1.82, 2.24) is 9.97 Å². The van der Waals surface area contributed by atoms with Gasteiger partial charge in [-0.15, -0.1) is 0 Å². The summed E-state index contributed by atoms with van der Waals surface area (Å²) in [7, 11) is 0. The molecule has 1 fully saturated rings. The van der Waals surface area contributed by atoms with Gasteiger partial charge in [0.15, 0.2) is 0 Å². The first-order chi connectivity index (χ1) is 7.58. The normalized spacial score (nSPS) is 22.9. The summed E-state index contributed by atoms with van der Waals surface area (Å²) >= 11 is 0. The fourth-order valence-corrected chi connectivity index (χ4v) is 2.59. The Morgan fingerprint density at radius 2 is 1.69 bits per heavy atom. The van der Waals surface area contributed by atoms with E-state index in [1.165, 1.54) is 18.4 Å². The molecule has 1 aliphatic carbocycles. The van der Waals surface area contributed by atoms with E-state index in [0.717, 1.165) is 12.8 Å². The predicted octanol–water partition coefficient (Wildman–Crippen LogP) is 2.27. The molecule has 88 valence electrons. The van der Waals surface area contributed by atoms with Gasteiger partial charge in [-0.05, 0) is 36.7 Å². The van der Waals surface area contributed by atoms with E-state index in [1.54, 1.807) is 6.33 Å². The molecule has 1 heterocycles. The third-order valence-electron chi connectivity index (χ3n) is 4.12. The Balaban J connectivity index is 2.23. The van der Waals surface area contributed by atoms with Gasteiger partial charge in [-0.25, -0.2) is 9.97 Å². The molecule has 2 rings (SSSR count). The molecule has 0 atom stereocenters. The Morgan fingerprint density at radius 1 is 1.12 bits per heavy atom. The summed E-state index contributed by atoms with van der Waals surface area (Å²) in [6.45, 7) is 5.39. The SMILES string of the molecule is CC1(C)CCC(CN)(c2cncnc2)CC1. The Bertz CT molecular complexity index is 335. The number of hydrogen-bond acceptors (Lipinski definition) is 3. The second-order valence-corrected chi connectivity index (χ2v) is 5.78. The van der Waals surface area contributed by atoms with E-state index in [-0.39, 0.29) is 5.41 Å². The molecule has 3 nitrogen and oxygen atoms in total. The summed E-state index contributed by atoms with van der Waals surface area (Å²) in [5.41, 5.74) is 7.81. The van der Waals surface area contributed by atoms with Gasteiger partial charge in [0.05, 0.1) is 0 Å². The van der Waals surface area contributed by atoms with Crippen LogP contribution in [0.15, 0.2) is 18.7 Å². The van der Waals surface area contributed by atoms with Gasteiger partial charge in [0.2, 0.25) is 0 Å². The van der Waals surface area contributed by atoms with Crippen LogP contribution >= 0.6 is 0 Å². The zero-order valence-corrected chi connectivity index (χ0v) is 10.2. The van der Waals surface area contributed by atoms with Crippen LogP contribution in [0, 0.1) is 5.41 Å². The number of nitrogens with zero attached hydrogens (tertiary/aromatic N) is 2. The van der Waals surface area contributed by atoms with Gasteiger partial charge >= 0.3 is 0 Å². The Kier molecular flexibility index (Phi) is 2.98. The van der Waals surface area contributed by atoms with Crippen LogP contribution in [-0.2, 0) is 5.41 Å². The first kappa shape index (κ1) is 11.5. The van der Waals surface area contributed by atoms with E-state index < -0.39 is 0 Å². The molecular formula is C13H21N3. The van der Waals surface area contributed by atoms with Crippen molar-refractivity contribution in [2.24, 2.45) is 11.1 Å². The van der Waals surface area contributed by atoms with Crippen LogP contribution in [-0.4, -0.2) is 16.5 Å². The highest BCUT2D eigenvalue weighted by Gasteiger charge is 2.38. The lowest BCUT2D eigenvalue weighted by atomic mass is 9.63. The molecule has 0 aromatic carbocycles. The molecule has 0 aliphatic heterocycles. The van der Waals surface area contributed by atoms with Crippen molar-refractivity contribution in [2.45, 2.75) is 44.9 Å². The lowest BCUT2D eigenvalue weighted by Gasteiger charge is -2.43. The molecular weight excluding hydrogens is 198 g/mol. The lowest BCUT2D eigenvalue weighted by Crippen LogP contribution is -2.41. The van der Waals surface area contributed by atoms with Gasteiger partial charge in [-0.3, -0.25) is 0 Å². The van der Waals surface area contributed by atoms with Gasteiger partial charge in [0.25, 0.3) is 0 Å². The highest BCUT2D eigenvalue weighted by atomic mass is 14.8. The van der Waals surface area contributed by atoms with Crippen LogP contribution in [0.3, 0.4) is 0 Å². The minimum absolute atomic E-state index is 0.122. The van der Waals surface area contributed by atoms with E-state index >= 15 is 0 Å². The summed E-state index contributed by atoms with van der Waals surface area (Å²) in [6, 6.07) is 0. The maximum Gasteiger partial charge on any atom is 0.115 e. The molecule has 0 unspecified atom stereocenters. The lowest BCUT2D eigenvalue weighted by molar-refractivity contribution is 0.165. The Labute approximate surface area is 97.5 Å². The summed E-state index contributed by atoms with van der Waals surface area (Å²) in [5.74, 6) is 0. The minimum atomic E-state index is 0.122. The molecule has 1 saturated carbocycles. The first-order valence-electron chi connectivity index (χ1n) is 6.04. The summed E-state index contributed by atoms with van der Waals surface area (Å²) in [6.07, 6.45) is 10.2. The monoisotopic (exact) mass is 219 g/mol.